The van der Waals surface area contributed by atoms with E-state index in [4.69, 9.17) is 14.2 Å². The van der Waals surface area contributed by atoms with E-state index in [1.165, 1.54) is 36.8 Å². The number of hydrogen-bond donors (Lipinski definition) is 1. The van der Waals surface area contributed by atoms with Gasteiger partial charge in [0.15, 0.2) is 0 Å². The third kappa shape index (κ3) is 5.79. The van der Waals surface area contributed by atoms with Gasteiger partial charge in [0.25, 0.3) is 0 Å². The molecule has 1 aromatic carbocycles. The summed E-state index contributed by atoms with van der Waals surface area (Å²) in [6, 6.07) is 5.90. The van der Waals surface area contributed by atoms with Crippen molar-refractivity contribution >= 4 is 11.9 Å². The summed E-state index contributed by atoms with van der Waals surface area (Å²) in [6.07, 6.45) is 12.7. The van der Waals surface area contributed by atoms with Crippen LogP contribution >= 0.6 is 0 Å². The van der Waals surface area contributed by atoms with Crippen LogP contribution in [0.4, 0.5) is 0 Å². The van der Waals surface area contributed by atoms with Crippen LogP contribution in [0.5, 0.6) is 0 Å². The average Bonchev–Trinajstić information content (AvgIpc) is 2.85. The van der Waals surface area contributed by atoms with Crippen molar-refractivity contribution in [1.29, 1.82) is 0 Å². The molecule has 0 unspecified atom stereocenters. The Morgan fingerprint density at radius 2 is 1.24 bits per heavy atom. The van der Waals surface area contributed by atoms with Gasteiger partial charge < -0.3 is 19.3 Å². The largest absolute Gasteiger partial charge is 0.501 e. The molecule has 2 fully saturated rings. The molecule has 0 heterocycles. The van der Waals surface area contributed by atoms with Crippen molar-refractivity contribution in [3.8, 4) is 0 Å². The zero-order chi connectivity index (χ0) is 23.7. The first-order chi connectivity index (χ1) is 16.0. The molecule has 0 spiro atoms. The Kier molecular flexibility index (Phi) is 8.59. The molecule has 0 bridgehead atoms. The highest BCUT2D eigenvalue weighted by molar-refractivity contribution is 5.92. The number of carbonyl (C=O) groups is 2. The molecular formula is C27H36O6. The Labute approximate surface area is 196 Å². The van der Waals surface area contributed by atoms with Gasteiger partial charge in [0.2, 0.25) is 0 Å². The molecule has 6 heteroatoms. The molecule has 2 aliphatic rings. The van der Waals surface area contributed by atoms with Gasteiger partial charge in [0.05, 0.1) is 36.9 Å². The normalized spacial score (nSPS) is 19.3. The predicted molar refractivity (Wildman–Crippen MR) is 126 cm³/mol. The highest BCUT2D eigenvalue weighted by Crippen LogP contribution is 2.53. The number of esters is 1. The smallest absolute Gasteiger partial charge is 0.338 e. The van der Waals surface area contributed by atoms with Crippen LogP contribution in [-0.2, 0) is 14.2 Å². The summed E-state index contributed by atoms with van der Waals surface area (Å²) in [5.41, 5.74) is -0.179. The standard InChI is InChI=1S/C27H36O6/c1-3-31-19-26(15-7-5-8-16-26)25(27(20-32-4-2)17-9-6-10-18-27)33-24(30)22-13-11-21(12-14-22)23(28)29/h3-4,11-14,25H,1-2,5-10,15-20H2,(H,28,29). The third-order valence-electron chi connectivity index (χ3n) is 7.38. The van der Waals surface area contributed by atoms with Crippen molar-refractivity contribution in [1.82, 2.24) is 0 Å². The minimum absolute atomic E-state index is 0.134. The van der Waals surface area contributed by atoms with Crippen LogP contribution in [0.15, 0.2) is 49.9 Å². The Morgan fingerprint density at radius 1 is 0.818 bits per heavy atom. The van der Waals surface area contributed by atoms with Crippen LogP contribution in [0.25, 0.3) is 0 Å². The van der Waals surface area contributed by atoms with Gasteiger partial charge in [0, 0.05) is 10.8 Å². The fraction of sp³-hybridized carbons (Fsp3) is 0.556. The molecule has 0 aliphatic heterocycles. The summed E-state index contributed by atoms with van der Waals surface area (Å²) in [4.78, 5) is 24.6. The van der Waals surface area contributed by atoms with E-state index in [-0.39, 0.29) is 16.4 Å². The fourth-order valence-corrected chi connectivity index (χ4v) is 5.75. The van der Waals surface area contributed by atoms with Gasteiger partial charge in [-0.05, 0) is 49.9 Å². The summed E-state index contributed by atoms with van der Waals surface area (Å²) in [5.74, 6) is -1.47. The number of benzene rings is 1. The molecule has 6 nitrogen and oxygen atoms in total. The van der Waals surface area contributed by atoms with Crippen molar-refractivity contribution in [3.05, 3.63) is 61.1 Å². The second kappa shape index (κ2) is 11.4. The lowest BCUT2D eigenvalue weighted by atomic mass is 9.58. The van der Waals surface area contributed by atoms with Crippen molar-refractivity contribution in [3.63, 3.8) is 0 Å². The van der Waals surface area contributed by atoms with Gasteiger partial charge in [0.1, 0.15) is 6.10 Å². The van der Waals surface area contributed by atoms with Crippen LogP contribution in [0, 0.1) is 10.8 Å². The Balaban J connectivity index is 1.99. The summed E-state index contributed by atoms with van der Waals surface area (Å²) in [5, 5.41) is 9.17. The Hall–Kier alpha value is -2.76. The number of carboxylic acid groups (broad SMARTS) is 1. The van der Waals surface area contributed by atoms with Crippen LogP contribution in [0.3, 0.4) is 0 Å². The average molecular weight is 457 g/mol. The van der Waals surface area contributed by atoms with E-state index in [1.54, 1.807) is 0 Å². The van der Waals surface area contributed by atoms with Gasteiger partial charge in [-0.1, -0.05) is 51.7 Å². The van der Waals surface area contributed by atoms with E-state index in [0.29, 0.717) is 18.8 Å². The maximum Gasteiger partial charge on any atom is 0.338 e. The summed E-state index contributed by atoms with van der Waals surface area (Å²) >= 11 is 0. The molecule has 0 amide bonds. The lowest BCUT2D eigenvalue weighted by Gasteiger charge is -2.52. The topological polar surface area (TPSA) is 82.1 Å². The Bertz CT molecular complexity index is 782. The first-order valence-corrected chi connectivity index (χ1v) is 12.0. The summed E-state index contributed by atoms with van der Waals surface area (Å²) < 4.78 is 17.9. The van der Waals surface area contributed by atoms with Crippen LogP contribution < -0.4 is 0 Å². The van der Waals surface area contributed by atoms with E-state index < -0.39 is 18.0 Å². The summed E-state index contributed by atoms with van der Waals surface area (Å²) in [6.45, 7) is 8.35. The van der Waals surface area contributed by atoms with Crippen LogP contribution in [0.1, 0.15) is 84.9 Å². The third-order valence-corrected chi connectivity index (χ3v) is 7.38. The van der Waals surface area contributed by atoms with Gasteiger partial charge in [-0.15, -0.1) is 0 Å². The fourth-order valence-electron chi connectivity index (χ4n) is 5.75. The monoisotopic (exact) mass is 456 g/mol. The first-order valence-electron chi connectivity index (χ1n) is 12.0. The highest BCUT2D eigenvalue weighted by Gasteiger charge is 2.54. The molecule has 1 N–H and O–H groups in total. The number of rotatable bonds is 11. The minimum Gasteiger partial charge on any atom is -0.501 e. The molecule has 2 saturated carbocycles. The van der Waals surface area contributed by atoms with Crippen molar-refractivity contribution in [2.75, 3.05) is 13.2 Å². The number of ether oxygens (including phenoxy) is 3. The SMILES string of the molecule is C=COCC1(C(OC(=O)c2ccc(C(=O)O)cc2)C2(COC=C)CCCCC2)CCCCC1. The second-order valence-electron chi connectivity index (χ2n) is 9.47. The lowest BCUT2D eigenvalue weighted by Crippen LogP contribution is -2.55. The molecule has 2 aliphatic carbocycles. The lowest BCUT2D eigenvalue weighted by molar-refractivity contribution is -0.146. The molecular weight excluding hydrogens is 420 g/mol. The highest BCUT2D eigenvalue weighted by atomic mass is 16.6. The maximum atomic E-state index is 13.4. The Morgan fingerprint density at radius 3 is 1.64 bits per heavy atom. The van der Waals surface area contributed by atoms with Gasteiger partial charge in [-0.2, -0.15) is 0 Å². The number of aromatic carboxylic acids is 1. The molecule has 1 aromatic rings. The van der Waals surface area contributed by atoms with Gasteiger partial charge in [-0.3, -0.25) is 0 Å². The quantitative estimate of drug-likeness (QED) is 0.318. The van der Waals surface area contributed by atoms with Crippen LogP contribution in [-0.4, -0.2) is 36.4 Å². The van der Waals surface area contributed by atoms with E-state index >= 15 is 0 Å². The molecule has 33 heavy (non-hydrogen) atoms. The van der Waals surface area contributed by atoms with Crippen molar-refractivity contribution < 1.29 is 28.9 Å². The van der Waals surface area contributed by atoms with Crippen molar-refractivity contribution in [2.45, 2.75) is 70.3 Å². The van der Waals surface area contributed by atoms with E-state index in [0.717, 1.165) is 64.2 Å². The molecule has 0 radical (unpaired) electrons. The number of carboxylic acids is 1. The van der Waals surface area contributed by atoms with Gasteiger partial charge >= 0.3 is 11.9 Å². The molecule has 0 saturated heterocycles. The van der Waals surface area contributed by atoms with Crippen molar-refractivity contribution in [2.24, 2.45) is 10.8 Å². The van der Waals surface area contributed by atoms with Crippen LogP contribution in [0.2, 0.25) is 0 Å². The first kappa shape index (κ1) is 24.9. The minimum atomic E-state index is -1.03. The van der Waals surface area contributed by atoms with E-state index in [2.05, 4.69) is 13.2 Å². The predicted octanol–water partition coefficient (Wildman–Crippen LogP) is 6.13. The zero-order valence-corrected chi connectivity index (χ0v) is 19.4. The number of hydrogen-bond acceptors (Lipinski definition) is 5. The maximum absolute atomic E-state index is 13.4. The zero-order valence-electron chi connectivity index (χ0n) is 19.4. The molecule has 0 atom stereocenters. The van der Waals surface area contributed by atoms with Gasteiger partial charge in [-0.25, -0.2) is 9.59 Å². The number of carbonyl (C=O) groups excluding carboxylic acids is 1. The molecule has 0 aromatic heterocycles. The van der Waals surface area contributed by atoms with E-state index in [9.17, 15) is 14.7 Å². The molecule has 3 rings (SSSR count). The second-order valence-corrected chi connectivity index (χ2v) is 9.47. The summed E-state index contributed by atoms with van der Waals surface area (Å²) in [7, 11) is 0. The molecule has 180 valence electrons. The van der Waals surface area contributed by atoms with E-state index in [1.807, 2.05) is 0 Å².